The lowest BCUT2D eigenvalue weighted by atomic mass is 10.00. The Balaban J connectivity index is 2.02. The van der Waals surface area contributed by atoms with E-state index in [2.05, 4.69) is 11.4 Å². The van der Waals surface area contributed by atoms with E-state index in [0.29, 0.717) is 13.0 Å². The van der Waals surface area contributed by atoms with E-state index in [4.69, 9.17) is 0 Å². The van der Waals surface area contributed by atoms with Gasteiger partial charge in [-0.2, -0.15) is 0 Å². The third-order valence-electron chi connectivity index (χ3n) is 2.82. The predicted octanol–water partition coefficient (Wildman–Crippen LogP) is 0.317. The summed E-state index contributed by atoms with van der Waals surface area (Å²) in [6.07, 6.45) is 1.44. The molecule has 1 N–H and O–H groups in total. The Kier molecular flexibility index (Phi) is 3.19. The smallest absolute Gasteiger partial charge is 0.242 e. The molecule has 0 bridgehead atoms. The number of hydrogen-bond donors (Lipinski definition) is 1. The van der Waals surface area contributed by atoms with Crippen LogP contribution in [0.25, 0.3) is 0 Å². The van der Waals surface area contributed by atoms with Crippen molar-refractivity contribution in [3.05, 3.63) is 35.4 Å². The van der Waals surface area contributed by atoms with Crippen molar-refractivity contribution < 1.29 is 9.59 Å². The number of hydrogen-bond acceptors (Lipinski definition) is 2. The zero-order chi connectivity index (χ0) is 11.4. The standard InChI is InChI=1S/C12H14N2O2/c15-9-13-7-12(16)14-6-5-10-3-1-2-4-11(10)8-14/h1-4,9H,5-8H2,(H,13,15). The van der Waals surface area contributed by atoms with Crippen LogP contribution in [0.3, 0.4) is 0 Å². The summed E-state index contributed by atoms with van der Waals surface area (Å²) in [5.74, 6) is -0.0263. The first kappa shape index (κ1) is 10.7. The van der Waals surface area contributed by atoms with Gasteiger partial charge < -0.3 is 10.2 Å². The van der Waals surface area contributed by atoms with Gasteiger partial charge in [0, 0.05) is 13.1 Å². The molecule has 84 valence electrons. The lowest BCUT2D eigenvalue weighted by Gasteiger charge is -2.28. The molecule has 2 amide bonds. The summed E-state index contributed by atoms with van der Waals surface area (Å²) in [6, 6.07) is 8.14. The maximum absolute atomic E-state index is 11.7. The van der Waals surface area contributed by atoms with Crippen molar-refractivity contribution in [2.75, 3.05) is 13.1 Å². The number of benzene rings is 1. The second-order valence-corrected chi connectivity index (χ2v) is 3.83. The molecule has 16 heavy (non-hydrogen) atoms. The fourth-order valence-corrected chi connectivity index (χ4v) is 1.95. The summed E-state index contributed by atoms with van der Waals surface area (Å²) < 4.78 is 0. The average molecular weight is 218 g/mol. The Morgan fingerprint density at radius 1 is 1.38 bits per heavy atom. The van der Waals surface area contributed by atoms with Crippen LogP contribution in [0.15, 0.2) is 24.3 Å². The number of fused-ring (bicyclic) bond motifs is 1. The minimum absolute atomic E-state index is 0.0263. The second kappa shape index (κ2) is 4.79. The molecule has 0 spiro atoms. The quantitative estimate of drug-likeness (QED) is 0.743. The zero-order valence-corrected chi connectivity index (χ0v) is 8.98. The van der Waals surface area contributed by atoms with Gasteiger partial charge in [-0.3, -0.25) is 9.59 Å². The number of amides is 2. The van der Waals surface area contributed by atoms with E-state index in [9.17, 15) is 9.59 Å². The minimum Gasteiger partial charge on any atom is -0.350 e. The SMILES string of the molecule is O=CNCC(=O)N1CCc2ccccc2C1. The lowest BCUT2D eigenvalue weighted by molar-refractivity contribution is -0.132. The van der Waals surface area contributed by atoms with Crippen LogP contribution in [0.4, 0.5) is 0 Å². The molecule has 0 atom stereocenters. The molecule has 2 rings (SSSR count). The maximum atomic E-state index is 11.7. The summed E-state index contributed by atoms with van der Waals surface area (Å²) in [6.45, 7) is 1.47. The Labute approximate surface area is 94.2 Å². The van der Waals surface area contributed by atoms with Gasteiger partial charge in [-0.15, -0.1) is 0 Å². The fraction of sp³-hybridized carbons (Fsp3) is 0.333. The summed E-state index contributed by atoms with van der Waals surface area (Å²) >= 11 is 0. The van der Waals surface area contributed by atoms with Crippen molar-refractivity contribution in [1.82, 2.24) is 10.2 Å². The van der Waals surface area contributed by atoms with E-state index < -0.39 is 0 Å². The van der Waals surface area contributed by atoms with Gasteiger partial charge in [-0.25, -0.2) is 0 Å². The topological polar surface area (TPSA) is 49.4 Å². The largest absolute Gasteiger partial charge is 0.350 e. The van der Waals surface area contributed by atoms with Crippen LogP contribution >= 0.6 is 0 Å². The summed E-state index contributed by atoms with van der Waals surface area (Å²) in [7, 11) is 0. The van der Waals surface area contributed by atoms with Crippen molar-refractivity contribution in [1.29, 1.82) is 0 Å². The average Bonchev–Trinajstić information content (AvgIpc) is 2.35. The van der Waals surface area contributed by atoms with Gasteiger partial charge in [0.25, 0.3) is 0 Å². The number of rotatable bonds is 3. The van der Waals surface area contributed by atoms with Crippen LogP contribution in [0.5, 0.6) is 0 Å². The van der Waals surface area contributed by atoms with Gasteiger partial charge in [-0.1, -0.05) is 24.3 Å². The molecule has 0 unspecified atom stereocenters. The molecule has 0 fully saturated rings. The normalized spacial score (nSPS) is 14.1. The highest BCUT2D eigenvalue weighted by Crippen LogP contribution is 2.18. The highest BCUT2D eigenvalue weighted by Gasteiger charge is 2.19. The third kappa shape index (κ3) is 2.21. The first-order valence-corrected chi connectivity index (χ1v) is 5.33. The van der Waals surface area contributed by atoms with Crippen molar-refractivity contribution in [2.24, 2.45) is 0 Å². The molecule has 0 radical (unpaired) electrons. The molecule has 4 nitrogen and oxygen atoms in total. The van der Waals surface area contributed by atoms with Crippen molar-refractivity contribution in [3.63, 3.8) is 0 Å². The van der Waals surface area contributed by atoms with Crippen LogP contribution in [0, 0.1) is 0 Å². The molecule has 0 saturated heterocycles. The van der Waals surface area contributed by atoms with Gasteiger partial charge in [0.05, 0.1) is 6.54 Å². The van der Waals surface area contributed by atoms with Crippen molar-refractivity contribution in [2.45, 2.75) is 13.0 Å². The molecular formula is C12H14N2O2. The van der Waals surface area contributed by atoms with Crippen LogP contribution in [0.2, 0.25) is 0 Å². The Hall–Kier alpha value is -1.84. The van der Waals surface area contributed by atoms with E-state index in [1.165, 1.54) is 11.1 Å². The molecule has 1 heterocycles. The van der Waals surface area contributed by atoms with E-state index in [1.54, 1.807) is 4.90 Å². The van der Waals surface area contributed by atoms with E-state index in [1.807, 2.05) is 18.2 Å². The molecule has 4 heteroatoms. The Morgan fingerprint density at radius 2 is 2.12 bits per heavy atom. The molecule has 1 aliphatic rings. The van der Waals surface area contributed by atoms with E-state index in [-0.39, 0.29) is 12.5 Å². The Morgan fingerprint density at radius 3 is 2.88 bits per heavy atom. The van der Waals surface area contributed by atoms with Gasteiger partial charge in [0.1, 0.15) is 0 Å². The van der Waals surface area contributed by atoms with Crippen LogP contribution in [-0.4, -0.2) is 30.3 Å². The van der Waals surface area contributed by atoms with Gasteiger partial charge in [0.2, 0.25) is 12.3 Å². The van der Waals surface area contributed by atoms with Crippen LogP contribution in [-0.2, 0) is 22.6 Å². The predicted molar refractivity (Wildman–Crippen MR) is 59.6 cm³/mol. The molecule has 0 saturated carbocycles. The first-order valence-electron chi connectivity index (χ1n) is 5.33. The summed E-state index contributed by atoms with van der Waals surface area (Å²) in [5, 5.41) is 2.40. The molecule has 1 aromatic carbocycles. The lowest BCUT2D eigenvalue weighted by Crippen LogP contribution is -2.40. The number of nitrogens with one attached hydrogen (secondary N) is 1. The summed E-state index contributed by atoms with van der Waals surface area (Å²) in [4.78, 5) is 23.6. The molecular weight excluding hydrogens is 204 g/mol. The van der Waals surface area contributed by atoms with E-state index >= 15 is 0 Å². The minimum atomic E-state index is -0.0263. The van der Waals surface area contributed by atoms with Crippen LogP contribution < -0.4 is 5.32 Å². The van der Waals surface area contributed by atoms with Crippen LogP contribution in [0.1, 0.15) is 11.1 Å². The molecule has 0 aliphatic carbocycles. The highest BCUT2D eigenvalue weighted by atomic mass is 16.2. The second-order valence-electron chi connectivity index (χ2n) is 3.83. The molecule has 1 aliphatic heterocycles. The molecule has 1 aromatic rings. The monoisotopic (exact) mass is 218 g/mol. The third-order valence-corrected chi connectivity index (χ3v) is 2.82. The summed E-state index contributed by atoms with van der Waals surface area (Å²) in [5.41, 5.74) is 2.52. The van der Waals surface area contributed by atoms with Crippen molar-refractivity contribution >= 4 is 12.3 Å². The van der Waals surface area contributed by atoms with Gasteiger partial charge in [-0.05, 0) is 17.5 Å². The maximum Gasteiger partial charge on any atom is 0.242 e. The zero-order valence-electron chi connectivity index (χ0n) is 8.98. The van der Waals surface area contributed by atoms with E-state index in [0.717, 1.165) is 13.0 Å². The number of carbonyl (C=O) groups excluding carboxylic acids is 2. The fourth-order valence-electron chi connectivity index (χ4n) is 1.95. The molecule has 0 aromatic heterocycles. The van der Waals surface area contributed by atoms with Gasteiger partial charge in [0.15, 0.2) is 0 Å². The number of nitrogens with zero attached hydrogens (tertiary/aromatic N) is 1. The van der Waals surface area contributed by atoms with Gasteiger partial charge >= 0.3 is 0 Å². The number of carbonyl (C=O) groups is 2. The first-order chi connectivity index (χ1) is 7.81. The Bertz CT molecular complexity index is 404. The van der Waals surface area contributed by atoms with Crippen molar-refractivity contribution in [3.8, 4) is 0 Å². The highest BCUT2D eigenvalue weighted by molar-refractivity contribution is 5.80.